The van der Waals surface area contributed by atoms with Crippen LogP contribution in [0.15, 0.2) is 66.3 Å². The highest BCUT2D eigenvalue weighted by molar-refractivity contribution is 5.46. The van der Waals surface area contributed by atoms with E-state index in [1.54, 1.807) is 6.07 Å². The maximum absolute atomic E-state index is 10.3. The Hall–Kier alpha value is -2.52. The second-order valence-corrected chi connectivity index (χ2v) is 7.24. The molecule has 0 aliphatic rings. The van der Waals surface area contributed by atoms with Crippen molar-refractivity contribution in [1.82, 2.24) is 0 Å². The lowest BCUT2D eigenvalue weighted by atomic mass is 9.95. The molecule has 0 aliphatic heterocycles. The van der Waals surface area contributed by atoms with Crippen molar-refractivity contribution < 1.29 is 15.3 Å². The van der Waals surface area contributed by atoms with Crippen LogP contribution < -0.4 is 0 Å². The second kappa shape index (κ2) is 9.98. The SMILES string of the molecule is C=C(C)[C@@H](O)CC/C(C)=C/Cc1c(O)cc(O)cc1CCc1ccccc1. The van der Waals surface area contributed by atoms with Crippen LogP contribution in [0.2, 0.25) is 0 Å². The Morgan fingerprint density at radius 1 is 1.07 bits per heavy atom. The summed E-state index contributed by atoms with van der Waals surface area (Å²) in [6, 6.07) is 13.3. The summed E-state index contributed by atoms with van der Waals surface area (Å²) in [5.74, 6) is 0.216. The number of aliphatic hydroxyl groups is 1. The molecule has 0 amide bonds. The molecule has 3 nitrogen and oxygen atoms in total. The number of aryl methyl sites for hydroxylation is 2. The molecule has 0 heterocycles. The van der Waals surface area contributed by atoms with E-state index in [2.05, 4.69) is 24.8 Å². The summed E-state index contributed by atoms with van der Waals surface area (Å²) in [6.45, 7) is 7.64. The summed E-state index contributed by atoms with van der Waals surface area (Å²) in [7, 11) is 0. The highest BCUT2D eigenvalue weighted by Crippen LogP contribution is 2.29. The molecule has 144 valence electrons. The monoisotopic (exact) mass is 366 g/mol. The minimum Gasteiger partial charge on any atom is -0.508 e. The van der Waals surface area contributed by atoms with Crippen LogP contribution in [0.5, 0.6) is 11.5 Å². The maximum Gasteiger partial charge on any atom is 0.123 e. The van der Waals surface area contributed by atoms with Crippen LogP contribution in [0.25, 0.3) is 0 Å². The van der Waals surface area contributed by atoms with Gasteiger partial charge in [-0.15, -0.1) is 0 Å². The standard InChI is InChI=1S/C24H30O3/c1-17(2)23(26)14-10-18(3)9-13-22-20(15-21(25)16-24(22)27)12-11-19-7-5-4-6-8-19/h4-9,15-16,23,25-27H,1,10-14H2,2-3H3/b18-9+/t23-/m0/s1. The number of benzene rings is 2. The Morgan fingerprint density at radius 3 is 2.44 bits per heavy atom. The molecule has 0 fully saturated rings. The second-order valence-electron chi connectivity index (χ2n) is 7.24. The van der Waals surface area contributed by atoms with Gasteiger partial charge in [-0.3, -0.25) is 0 Å². The van der Waals surface area contributed by atoms with Crippen molar-refractivity contribution in [2.24, 2.45) is 0 Å². The summed E-state index contributed by atoms with van der Waals surface area (Å²) in [5, 5.41) is 30.1. The molecule has 0 spiro atoms. The molecule has 2 rings (SSSR count). The lowest BCUT2D eigenvalue weighted by molar-refractivity contribution is 0.201. The van der Waals surface area contributed by atoms with Crippen molar-refractivity contribution in [3.8, 4) is 11.5 Å². The van der Waals surface area contributed by atoms with E-state index in [-0.39, 0.29) is 11.5 Å². The number of allylic oxidation sites excluding steroid dienone is 2. The third-order valence-electron chi connectivity index (χ3n) is 4.86. The van der Waals surface area contributed by atoms with E-state index < -0.39 is 6.10 Å². The van der Waals surface area contributed by atoms with Crippen LogP contribution in [0.4, 0.5) is 0 Å². The summed E-state index contributed by atoms with van der Waals surface area (Å²) in [6.07, 6.45) is 5.25. The third kappa shape index (κ3) is 6.61. The fraction of sp³-hybridized carbons (Fsp3) is 0.333. The molecular formula is C24H30O3. The van der Waals surface area contributed by atoms with Gasteiger partial charge < -0.3 is 15.3 Å². The quantitative estimate of drug-likeness (QED) is 0.542. The summed E-state index contributed by atoms with van der Waals surface area (Å²) in [5.41, 5.74) is 4.98. The minimum atomic E-state index is -0.475. The number of phenols is 2. The lowest BCUT2D eigenvalue weighted by Crippen LogP contribution is -2.06. The van der Waals surface area contributed by atoms with Gasteiger partial charge in [-0.25, -0.2) is 0 Å². The first kappa shape index (κ1) is 20.8. The molecular weight excluding hydrogens is 336 g/mol. The Bertz CT molecular complexity index is 791. The zero-order valence-corrected chi connectivity index (χ0v) is 16.3. The first-order valence-corrected chi connectivity index (χ1v) is 9.43. The summed E-state index contributed by atoms with van der Waals surface area (Å²) >= 11 is 0. The molecule has 3 N–H and O–H groups in total. The zero-order chi connectivity index (χ0) is 19.8. The van der Waals surface area contributed by atoms with Crippen LogP contribution in [0.3, 0.4) is 0 Å². The Balaban J connectivity index is 2.08. The van der Waals surface area contributed by atoms with Crippen molar-refractivity contribution in [3.63, 3.8) is 0 Å². The topological polar surface area (TPSA) is 60.7 Å². The average Bonchev–Trinajstić information content (AvgIpc) is 2.64. The lowest BCUT2D eigenvalue weighted by Gasteiger charge is -2.13. The molecule has 0 radical (unpaired) electrons. The molecule has 2 aromatic carbocycles. The number of rotatable bonds is 9. The maximum atomic E-state index is 10.3. The molecule has 0 bridgehead atoms. The Labute approximate surface area is 162 Å². The number of hydrogen-bond donors (Lipinski definition) is 3. The number of hydrogen-bond acceptors (Lipinski definition) is 3. The van der Waals surface area contributed by atoms with Gasteiger partial charge in [0.15, 0.2) is 0 Å². The van der Waals surface area contributed by atoms with Crippen LogP contribution in [0, 0.1) is 0 Å². The van der Waals surface area contributed by atoms with Crippen molar-refractivity contribution in [1.29, 1.82) is 0 Å². The molecule has 2 aromatic rings. The van der Waals surface area contributed by atoms with Crippen molar-refractivity contribution in [2.75, 3.05) is 0 Å². The molecule has 1 atom stereocenters. The van der Waals surface area contributed by atoms with Gasteiger partial charge in [0.2, 0.25) is 0 Å². The number of phenolic OH excluding ortho intramolecular Hbond substituents is 2. The van der Waals surface area contributed by atoms with E-state index in [0.717, 1.165) is 41.5 Å². The van der Waals surface area contributed by atoms with Gasteiger partial charge in [-0.1, -0.05) is 54.1 Å². The predicted molar refractivity (Wildman–Crippen MR) is 111 cm³/mol. The summed E-state index contributed by atoms with van der Waals surface area (Å²) < 4.78 is 0. The van der Waals surface area contributed by atoms with Crippen LogP contribution in [0.1, 0.15) is 43.4 Å². The van der Waals surface area contributed by atoms with Gasteiger partial charge in [-0.2, -0.15) is 0 Å². The fourth-order valence-electron chi connectivity index (χ4n) is 3.07. The van der Waals surface area contributed by atoms with E-state index in [4.69, 9.17) is 0 Å². The van der Waals surface area contributed by atoms with Crippen molar-refractivity contribution in [2.45, 2.75) is 52.1 Å². The molecule has 0 saturated heterocycles. The first-order chi connectivity index (χ1) is 12.9. The van der Waals surface area contributed by atoms with Gasteiger partial charge in [0.05, 0.1) is 6.10 Å². The molecule has 3 heteroatoms. The molecule has 27 heavy (non-hydrogen) atoms. The van der Waals surface area contributed by atoms with Crippen molar-refractivity contribution >= 4 is 0 Å². The van der Waals surface area contributed by atoms with Gasteiger partial charge >= 0.3 is 0 Å². The highest BCUT2D eigenvalue weighted by atomic mass is 16.3. The minimum absolute atomic E-state index is 0.0876. The van der Waals surface area contributed by atoms with E-state index in [9.17, 15) is 15.3 Å². The summed E-state index contributed by atoms with van der Waals surface area (Å²) in [4.78, 5) is 0. The molecule has 0 unspecified atom stereocenters. The Morgan fingerprint density at radius 2 is 1.78 bits per heavy atom. The molecule has 0 aromatic heterocycles. The van der Waals surface area contributed by atoms with Gasteiger partial charge in [0.25, 0.3) is 0 Å². The molecule has 0 aliphatic carbocycles. The van der Waals surface area contributed by atoms with Crippen LogP contribution in [-0.4, -0.2) is 21.4 Å². The smallest absolute Gasteiger partial charge is 0.123 e. The van der Waals surface area contributed by atoms with Gasteiger partial charge in [0.1, 0.15) is 11.5 Å². The van der Waals surface area contributed by atoms with E-state index in [0.29, 0.717) is 12.8 Å². The van der Waals surface area contributed by atoms with E-state index >= 15 is 0 Å². The largest absolute Gasteiger partial charge is 0.508 e. The number of aliphatic hydroxyl groups excluding tert-OH is 1. The van der Waals surface area contributed by atoms with Crippen molar-refractivity contribution in [3.05, 3.63) is 83.0 Å². The average molecular weight is 367 g/mol. The zero-order valence-electron chi connectivity index (χ0n) is 16.3. The fourth-order valence-corrected chi connectivity index (χ4v) is 3.07. The van der Waals surface area contributed by atoms with Gasteiger partial charge in [-0.05, 0) is 63.1 Å². The van der Waals surface area contributed by atoms with Gasteiger partial charge in [0, 0.05) is 11.6 Å². The Kier molecular flexibility index (Phi) is 7.68. The predicted octanol–water partition coefficient (Wildman–Crippen LogP) is 5.09. The first-order valence-electron chi connectivity index (χ1n) is 9.43. The van der Waals surface area contributed by atoms with Crippen LogP contribution in [-0.2, 0) is 19.3 Å². The molecule has 0 saturated carbocycles. The van der Waals surface area contributed by atoms with Crippen LogP contribution >= 0.6 is 0 Å². The van der Waals surface area contributed by atoms with E-state index in [1.807, 2.05) is 32.0 Å². The third-order valence-corrected chi connectivity index (χ3v) is 4.86. The highest BCUT2D eigenvalue weighted by Gasteiger charge is 2.11. The number of aromatic hydroxyl groups is 2. The van der Waals surface area contributed by atoms with E-state index in [1.165, 1.54) is 11.6 Å². The normalized spacial score (nSPS) is 12.8.